The van der Waals surface area contributed by atoms with E-state index in [1.165, 1.54) is 0 Å². The molecule has 0 radical (unpaired) electrons. The number of fused-ring (bicyclic) bond motifs is 5. The molecule has 0 aliphatic carbocycles. The second-order valence-electron chi connectivity index (χ2n) is 6.54. The number of aliphatic hydroxyl groups is 1. The van der Waals surface area contributed by atoms with Crippen LogP contribution in [0.15, 0.2) is 30.3 Å². The maximum Gasteiger partial charge on any atom is 0.316 e. The lowest BCUT2D eigenvalue weighted by Gasteiger charge is -2.38. The van der Waals surface area contributed by atoms with Crippen LogP contribution in [-0.2, 0) is 14.3 Å². The van der Waals surface area contributed by atoms with Gasteiger partial charge in [-0.2, -0.15) is 0 Å². The van der Waals surface area contributed by atoms with Gasteiger partial charge in [-0.05, 0) is 12.6 Å². The zero-order valence-electron chi connectivity index (χ0n) is 12.6. The summed E-state index contributed by atoms with van der Waals surface area (Å²) in [6.07, 6.45) is 2.26. The van der Waals surface area contributed by atoms with Crippen LogP contribution in [0.4, 0.5) is 0 Å². The number of carbonyl (C=O) groups is 1. The number of benzene rings is 1. The first-order valence-electron chi connectivity index (χ1n) is 7.92. The Balaban J connectivity index is 1.42. The van der Waals surface area contributed by atoms with Gasteiger partial charge in [-0.1, -0.05) is 30.3 Å². The predicted octanol–water partition coefficient (Wildman–Crippen LogP) is 0.918. The summed E-state index contributed by atoms with van der Waals surface area (Å²) in [6.45, 7) is -0.226. The van der Waals surface area contributed by atoms with Crippen molar-refractivity contribution in [3.8, 4) is 0 Å². The zero-order valence-corrected chi connectivity index (χ0v) is 12.6. The van der Waals surface area contributed by atoms with Crippen LogP contribution < -0.4 is 0 Å². The van der Waals surface area contributed by atoms with E-state index >= 15 is 0 Å². The molecule has 3 fully saturated rings. The summed E-state index contributed by atoms with van der Waals surface area (Å²) >= 11 is 0. The summed E-state index contributed by atoms with van der Waals surface area (Å²) in [5.74, 6) is -0.915. The van der Waals surface area contributed by atoms with Gasteiger partial charge < -0.3 is 14.6 Å². The van der Waals surface area contributed by atoms with Crippen molar-refractivity contribution in [1.82, 2.24) is 4.90 Å². The monoisotopic (exact) mass is 303 g/mol. The molecule has 5 heteroatoms. The van der Waals surface area contributed by atoms with E-state index in [-0.39, 0.29) is 18.7 Å². The Hall–Kier alpha value is -1.43. The molecular weight excluding hydrogens is 282 g/mol. The standard InChI is InChI=1S/C17H21NO4/c1-18-13-7-11(8-14(18)16-15(13)22-16)21-17(20)12(9-19)10-5-3-2-4-6-10/h2-6,11-16,19H,7-9H2,1H3/t11?,12-,13-,14+,15+,16+/m0/s1. The van der Waals surface area contributed by atoms with E-state index in [9.17, 15) is 9.90 Å². The van der Waals surface area contributed by atoms with Crippen LogP contribution in [0.3, 0.4) is 0 Å². The van der Waals surface area contributed by atoms with E-state index in [4.69, 9.17) is 9.47 Å². The van der Waals surface area contributed by atoms with Gasteiger partial charge in [0.15, 0.2) is 0 Å². The Morgan fingerprint density at radius 2 is 1.95 bits per heavy atom. The molecule has 0 amide bonds. The Bertz CT molecular complexity index is 545. The van der Waals surface area contributed by atoms with Crippen LogP contribution in [0.25, 0.3) is 0 Å². The van der Waals surface area contributed by atoms with E-state index in [2.05, 4.69) is 11.9 Å². The van der Waals surface area contributed by atoms with E-state index in [0.29, 0.717) is 24.3 Å². The number of nitrogens with zero attached hydrogens (tertiary/aromatic N) is 1. The Kier molecular flexibility index (Phi) is 3.44. The van der Waals surface area contributed by atoms with Gasteiger partial charge in [0.1, 0.15) is 24.2 Å². The van der Waals surface area contributed by atoms with Crippen molar-refractivity contribution in [1.29, 1.82) is 0 Å². The van der Waals surface area contributed by atoms with Crippen LogP contribution in [0.1, 0.15) is 24.3 Å². The number of ether oxygens (including phenoxy) is 2. The molecule has 3 saturated heterocycles. The minimum atomic E-state index is -0.593. The number of carbonyl (C=O) groups excluding carboxylic acids is 1. The van der Waals surface area contributed by atoms with Crippen molar-refractivity contribution in [2.75, 3.05) is 13.7 Å². The third kappa shape index (κ3) is 2.24. The Morgan fingerprint density at radius 3 is 2.55 bits per heavy atom. The predicted molar refractivity (Wildman–Crippen MR) is 79.4 cm³/mol. The number of rotatable bonds is 4. The van der Waals surface area contributed by atoms with E-state index in [0.717, 1.165) is 18.4 Å². The van der Waals surface area contributed by atoms with Gasteiger partial charge in [-0.3, -0.25) is 9.69 Å². The van der Waals surface area contributed by atoms with Gasteiger partial charge in [0.05, 0.1) is 6.61 Å². The highest BCUT2D eigenvalue weighted by molar-refractivity contribution is 5.78. The fourth-order valence-corrected chi connectivity index (χ4v) is 4.04. The fourth-order valence-electron chi connectivity index (χ4n) is 4.04. The van der Waals surface area contributed by atoms with Gasteiger partial charge in [0, 0.05) is 24.9 Å². The first-order chi connectivity index (χ1) is 10.7. The van der Waals surface area contributed by atoms with E-state index < -0.39 is 5.92 Å². The van der Waals surface area contributed by atoms with Crippen molar-refractivity contribution in [3.05, 3.63) is 35.9 Å². The van der Waals surface area contributed by atoms with Gasteiger partial charge in [0.25, 0.3) is 0 Å². The number of piperidine rings is 1. The number of hydrogen-bond acceptors (Lipinski definition) is 5. The van der Waals surface area contributed by atoms with Crippen LogP contribution in [0.5, 0.6) is 0 Å². The molecule has 0 aromatic heterocycles. The summed E-state index contributed by atoms with van der Waals surface area (Å²) < 4.78 is 11.4. The van der Waals surface area contributed by atoms with Gasteiger partial charge in [-0.25, -0.2) is 0 Å². The van der Waals surface area contributed by atoms with E-state index in [1.807, 2.05) is 30.3 Å². The largest absolute Gasteiger partial charge is 0.462 e. The van der Waals surface area contributed by atoms with Crippen LogP contribution >= 0.6 is 0 Å². The molecule has 1 aromatic rings. The highest BCUT2D eigenvalue weighted by atomic mass is 16.6. The zero-order chi connectivity index (χ0) is 15.3. The normalized spacial score (nSPS) is 37.5. The third-order valence-electron chi connectivity index (χ3n) is 5.33. The molecule has 3 heterocycles. The minimum Gasteiger partial charge on any atom is -0.462 e. The molecule has 0 spiro atoms. The molecule has 4 rings (SSSR count). The molecule has 1 aromatic carbocycles. The lowest BCUT2D eigenvalue weighted by molar-refractivity contribution is -0.156. The molecule has 1 unspecified atom stereocenters. The number of epoxide rings is 1. The second kappa shape index (κ2) is 5.33. The molecule has 1 N–H and O–H groups in total. The topological polar surface area (TPSA) is 62.3 Å². The maximum absolute atomic E-state index is 12.4. The molecule has 3 aliphatic heterocycles. The Morgan fingerprint density at radius 1 is 1.32 bits per heavy atom. The van der Waals surface area contributed by atoms with Gasteiger partial charge in [0.2, 0.25) is 0 Å². The quantitative estimate of drug-likeness (QED) is 0.662. The summed E-state index contributed by atoms with van der Waals surface area (Å²) in [5.41, 5.74) is 0.803. The highest BCUT2D eigenvalue weighted by Crippen LogP contribution is 2.48. The van der Waals surface area contributed by atoms with Gasteiger partial charge >= 0.3 is 5.97 Å². The highest BCUT2D eigenvalue weighted by Gasteiger charge is 2.62. The summed E-state index contributed by atoms with van der Waals surface area (Å²) in [6, 6.07) is 10.1. The van der Waals surface area contributed by atoms with E-state index in [1.54, 1.807) is 0 Å². The number of esters is 1. The molecule has 3 aliphatic rings. The van der Waals surface area contributed by atoms with Crippen molar-refractivity contribution in [3.63, 3.8) is 0 Å². The molecule has 5 nitrogen and oxygen atoms in total. The number of morpholine rings is 1. The summed E-state index contributed by atoms with van der Waals surface area (Å²) in [4.78, 5) is 14.8. The SMILES string of the molecule is CN1[C@@H]2CC(OC(=O)[C@@H](CO)c3ccccc3)C[C@H]1[C@H]1O[C@@H]12. The van der Waals surface area contributed by atoms with Gasteiger partial charge in [-0.15, -0.1) is 0 Å². The smallest absolute Gasteiger partial charge is 0.316 e. The molecule has 6 atom stereocenters. The fraction of sp³-hybridized carbons (Fsp3) is 0.588. The lowest BCUT2D eigenvalue weighted by Crippen LogP contribution is -2.48. The third-order valence-corrected chi connectivity index (χ3v) is 5.33. The molecule has 2 bridgehead atoms. The molecule has 0 saturated carbocycles. The van der Waals surface area contributed by atoms with Crippen LogP contribution in [0.2, 0.25) is 0 Å². The van der Waals surface area contributed by atoms with Crippen molar-refractivity contribution >= 4 is 5.97 Å². The summed E-state index contributed by atoms with van der Waals surface area (Å²) in [5, 5.41) is 9.56. The number of hydrogen-bond donors (Lipinski definition) is 1. The van der Waals surface area contributed by atoms with Crippen molar-refractivity contribution in [2.24, 2.45) is 0 Å². The number of aliphatic hydroxyl groups excluding tert-OH is 1. The first-order valence-corrected chi connectivity index (χ1v) is 7.92. The maximum atomic E-state index is 12.4. The van der Waals surface area contributed by atoms with Crippen LogP contribution in [-0.4, -0.2) is 60.0 Å². The molecule has 118 valence electrons. The Labute approximate surface area is 129 Å². The molecular formula is C17H21NO4. The minimum absolute atomic E-state index is 0.0622. The number of likely N-dealkylation sites (N-methyl/N-ethyl adjacent to an activating group) is 1. The lowest BCUT2D eigenvalue weighted by atomic mass is 9.97. The average Bonchev–Trinajstić information content (AvgIpc) is 3.27. The first kappa shape index (κ1) is 14.2. The molecule has 22 heavy (non-hydrogen) atoms. The summed E-state index contributed by atoms with van der Waals surface area (Å²) in [7, 11) is 2.13. The van der Waals surface area contributed by atoms with Crippen LogP contribution in [0, 0.1) is 0 Å². The second-order valence-corrected chi connectivity index (χ2v) is 6.54. The van der Waals surface area contributed by atoms with Crippen molar-refractivity contribution < 1.29 is 19.4 Å². The average molecular weight is 303 g/mol. The van der Waals surface area contributed by atoms with Crippen molar-refractivity contribution in [2.45, 2.75) is 49.2 Å².